The minimum atomic E-state index is -1.16. The molecular formula is C19H21N9O6S2. The molecular weight excluding hydrogens is 514 g/mol. The maximum Gasteiger partial charge on any atom is 0.352 e. The van der Waals surface area contributed by atoms with E-state index in [1.54, 1.807) is 12.1 Å². The number of carboxylic acids is 1. The second-order valence-corrected chi connectivity index (χ2v) is 9.43. The van der Waals surface area contributed by atoms with Crippen molar-refractivity contribution >= 4 is 52.8 Å². The maximum absolute atomic E-state index is 13.0. The summed E-state index contributed by atoms with van der Waals surface area (Å²) in [5.41, 5.74) is 6.29. The monoisotopic (exact) mass is 535 g/mol. The van der Waals surface area contributed by atoms with Crippen LogP contribution in [0.4, 0.5) is 5.82 Å². The van der Waals surface area contributed by atoms with Gasteiger partial charge in [-0.1, -0.05) is 23.0 Å². The zero-order valence-corrected chi connectivity index (χ0v) is 20.7. The van der Waals surface area contributed by atoms with Gasteiger partial charge in [-0.25, -0.2) is 9.78 Å². The second-order valence-electron chi connectivity index (χ2n) is 7.32. The first kappa shape index (κ1) is 25.4. The predicted octanol–water partition coefficient (Wildman–Crippen LogP) is -0.344. The summed E-state index contributed by atoms with van der Waals surface area (Å²) in [6.45, 7) is 0. The molecule has 2 aromatic rings. The molecule has 17 heteroatoms. The summed E-state index contributed by atoms with van der Waals surface area (Å²) in [4.78, 5) is 46.9. The number of oxime groups is 1. The van der Waals surface area contributed by atoms with E-state index in [4.69, 9.17) is 15.3 Å². The Balaban J connectivity index is 1.51. The number of nitrogen functional groups attached to an aromatic ring is 1. The third-order valence-corrected chi connectivity index (χ3v) is 7.38. The number of pyridine rings is 1. The standard InChI is InChI=1S/C19H21N9O6S2/c1-33-18(22-16(30)14(24-34-2)10-4-3-5-11(20)21-10)28-19(23-25-26-28)36-8-9-7-35-13-6-12(29)27(13)15(9)17(31)32/h3-5,13,18H,6-8H2,1-2H3,(H2,20,21)(H,22,30)(H,31,32)/b24-14+. The first-order valence-corrected chi connectivity index (χ1v) is 12.3. The minimum Gasteiger partial charge on any atom is -0.477 e. The number of hydrogen-bond acceptors (Lipinski definition) is 13. The van der Waals surface area contributed by atoms with E-state index in [0.717, 1.165) is 11.8 Å². The van der Waals surface area contributed by atoms with E-state index in [1.165, 1.54) is 41.6 Å². The number of rotatable bonds is 10. The lowest BCUT2D eigenvalue weighted by atomic mass is 10.1. The SMILES string of the molecule is CO/N=C(/C(=O)NC(OC)n1nnnc1SCC1=C(C(=O)O)N2C(=O)CC2SC1)c1cccc(N)n1. The summed E-state index contributed by atoms with van der Waals surface area (Å²) in [6, 6.07) is 4.71. The Kier molecular flexibility index (Phi) is 7.70. The molecule has 4 rings (SSSR count). The molecule has 2 aromatic heterocycles. The molecule has 0 saturated carbocycles. The topological polar surface area (TPSA) is 200 Å². The number of thioether (sulfide) groups is 2. The lowest BCUT2D eigenvalue weighted by Gasteiger charge is -2.43. The number of β-lactam (4-membered cyclic amide) rings is 1. The number of hydrogen-bond donors (Lipinski definition) is 3. The van der Waals surface area contributed by atoms with E-state index in [2.05, 4.69) is 31.0 Å². The van der Waals surface area contributed by atoms with Crippen LogP contribution in [0.3, 0.4) is 0 Å². The smallest absolute Gasteiger partial charge is 0.352 e. The molecule has 0 bridgehead atoms. The molecule has 0 aromatic carbocycles. The molecule has 4 heterocycles. The quantitative estimate of drug-likeness (QED) is 0.117. The van der Waals surface area contributed by atoms with Crippen LogP contribution in [0.1, 0.15) is 18.5 Å². The molecule has 0 aliphatic carbocycles. The fraction of sp³-hybridized carbons (Fsp3) is 0.368. The number of aromatic nitrogens is 5. The highest BCUT2D eigenvalue weighted by Gasteiger charge is 2.45. The van der Waals surface area contributed by atoms with Crippen LogP contribution in [0.5, 0.6) is 0 Å². The minimum absolute atomic E-state index is 0.00632. The number of ether oxygens (including phenoxy) is 1. The van der Waals surface area contributed by atoms with Crippen molar-refractivity contribution in [2.75, 3.05) is 31.5 Å². The summed E-state index contributed by atoms with van der Waals surface area (Å²) < 4.78 is 6.59. The number of nitrogens with zero attached hydrogens (tertiary/aromatic N) is 7. The third kappa shape index (κ3) is 5.12. The Morgan fingerprint density at radius 3 is 2.89 bits per heavy atom. The van der Waals surface area contributed by atoms with Crippen molar-refractivity contribution in [3.05, 3.63) is 35.2 Å². The van der Waals surface area contributed by atoms with Crippen LogP contribution in [-0.4, -0.2) is 89.8 Å². The van der Waals surface area contributed by atoms with Gasteiger partial charge in [0.05, 0.1) is 11.8 Å². The average Bonchev–Trinajstić information content (AvgIpc) is 3.32. The molecule has 190 valence electrons. The molecule has 1 fully saturated rings. The number of carbonyl (C=O) groups is 3. The number of carboxylic acid groups (broad SMARTS) is 1. The number of methoxy groups -OCH3 is 1. The van der Waals surface area contributed by atoms with E-state index < -0.39 is 18.2 Å². The molecule has 4 N–H and O–H groups in total. The molecule has 0 spiro atoms. The lowest BCUT2D eigenvalue weighted by Crippen LogP contribution is -2.54. The Bertz CT molecular complexity index is 1250. The highest BCUT2D eigenvalue weighted by molar-refractivity contribution is 8.00. The molecule has 36 heavy (non-hydrogen) atoms. The highest BCUT2D eigenvalue weighted by atomic mass is 32.2. The number of amides is 2. The highest BCUT2D eigenvalue weighted by Crippen LogP contribution is 2.41. The van der Waals surface area contributed by atoms with Gasteiger partial charge < -0.3 is 25.7 Å². The Morgan fingerprint density at radius 2 is 2.22 bits per heavy atom. The number of nitrogens with two attached hydrogens (primary N) is 1. The second kappa shape index (κ2) is 10.9. The van der Waals surface area contributed by atoms with Crippen molar-refractivity contribution in [3.8, 4) is 0 Å². The van der Waals surface area contributed by atoms with Crippen molar-refractivity contribution in [2.24, 2.45) is 5.16 Å². The third-order valence-electron chi connectivity index (χ3n) is 5.08. The van der Waals surface area contributed by atoms with Crippen LogP contribution in [0.2, 0.25) is 0 Å². The van der Waals surface area contributed by atoms with Gasteiger partial charge in [-0.2, -0.15) is 4.68 Å². The van der Waals surface area contributed by atoms with Gasteiger partial charge in [0.15, 0.2) is 5.71 Å². The van der Waals surface area contributed by atoms with Gasteiger partial charge in [-0.15, -0.1) is 16.9 Å². The summed E-state index contributed by atoms with van der Waals surface area (Å²) >= 11 is 2.64. The number of anilines is 1. The number of aliphatic carboxylic acids is 1. The van der Waals surface area contributed by atoms with Crippen molar-refractivity contribution in [1.29, 1.82) is 0 Å². The van der Waals surface area contributed by atoms with E-state index in [-0.39, 0.29) is 45.1 Å². The van der Waals surface area contributed by atoms with Gasteiger partial charge in [0.2, 0.25) is 17.4 Å². The summed E-state index contributed by atoms with van der Waals surface area (Å²) in [5, 5.41) is 27.6. The fourth-order valence-electron chi connectivity index (χ4n) is 3.45. The molecule has 2 aliphatic rings. The van der Waals surface area contributed by atoms with Gasteiger partial charge in [0.25, 0.3) is 5.91 Å². The van der Waals surface area contributed by atoms with E-state index in [9.17, 15) is 19.5 Å². The van der Waals surface area contributed by atoms with Crippen LogP contribution in [0.25, 0.3) is 0 Å². The van der Waals surface area contributed by atoms with Gasteiger partial charge in [-0.3, -0.25) is 14.5 Å². The Hall–Kier alpha value is -3.70. The molecule has 2 atom stereocenters. The number of fused-ring (bicyclic) bond motifs is 1. The van der Waals surface area contributed by atoms with Crippen LogP contribution in [-0.2, 0) is 24.0 Å². The molecule has 15 nitrogen and oxygen atoms in total. The number of tetrazole rings is 1. The summed E-state index contributed by atoms with van der Waals surface area (Å²) in [5.74, 6) is -1.23. The fourth-order valence-corrected chi connectivity index (χ4v) is 5.74. The largest absolute Gasteiger partial charge is 0.477 e. The Morgan fingerprint density at radius 1 is 1.42 bits per heavy atom. The van der Waals surface area contributed by atoms with Crippen LogP contribution < -0.4 is 11.1 Å². The maximum atomic E-state index is 13.0. The van der Waals surface area contributed by atoms with Crippen molar-refractivity contribution < 1.29 is 29.1 Å². The van der Waals surface area contributed by atoms with Gasteiger partial charge in [0.1, 0.15) is 24.3 Å². The van der Waals surface area contributed by atoms with E-state index in [0.29, 0.717) is 17.7 Å². The van der Waals surface area contributed by atoms with Crippen LogP contribution >= 0.6 is 23.5 Å². The van der Waals surface area contributed by atoms with Crippen molar-refractivity contribution in [3.63, 3.8) is 0 Å². The summed E-state index contributed by atoms with van der Waals surface area (Å²) in [6.07, 6.45) is -0.817. The molecule has 2 unspecified atom stereocenters. The Labute approximate surface area is 212 Å². The molecule has 1 saturated heterocycles. The van der Waals surface area contributed by atoms with Crippen molar-refractivity contribution in [2.45, 2.75) is 23.3 Å². The normalized spacial score (nSPS) is 18.4. The molecule has 0 radical (unpaired) electrons. The van der Waals surface area contributed by atoms with Crippen molar-refractivity contribution in [1.82, 2.24) is 35.4 Å². The zero-order valence-electron chi connectivity index (χ0n) is 19.0. The zero-order chi connectivity index (χ0) is 25.8. The number of nitrogens with one attached hydrogen (secondary N) is 1. The first-order valence-electron chi connectivity index (χ1n) is 10.3. The first-order chi connectivity index (χ1) is 17.3. The molecule has 2 amide bonds. The van der Waals surface area contributed by atoms with Crippen LogP contribution in [0, 0.1) is 0 Å². The van der Waals surface area contributed by atoms with E-state index in [1.807, 2.05) is 0 Å². The lowest BCUT2D eigenvalue weighted by molar-refractivity contribution is -0.146. The summed E-state index contributed by atoms with van der Waals surface area (Å²) in [7, 11) is 2.62. The average molecular weight is 536 g/mol. The van der Waals surface area contributed by atoms with Gasteiger partial charge >= 0.3 is 5.97 Å². The van der Waals surface area contributed by atoms with Crippen LogP contribution in [0.15, 0.2) is 39.8 Å². The molecule has 2 aliphatic heterocycles. The number of carbonyl (C=O) groups excluding carboxylic acids is 2. The predicted molar refractivity (Wildman–Crippen MR) is 127 cm³/mol. The van der Waals surface area contributed by atoms with Gasteiger partial charge in [-0.05, 0) is 28.1 Å². The van der Waals surface area contributed by atoms with Gasteiger partial charge in [0, 0.05) is 18.6 Å². The van der Waals surface area contributed by atoms with E-state index >= 15 is 0 Å².